The van der Waals surface area contributed by atoms with Gasteiger partial charge in [0.2, 0.25) is 11.8 Å². The summed E-state index contributed by atoms with van der Waals surface area (Å²) in [5.74, 6) is -0.138. The molecule has 0 bridgehead atoms. The summed E-state index contributed by atoms with van der Waals surface area (Å²) in [5.41, 5.74) is 5.95. The van der Waals surface area contributed by atoms with Gasteiger partial charge < -0.3 is 10.2 Å². The maximum atomic E-state index is 12.4. The van der Waals surface area contributed by atoms with Crippen LogP contribution in [-0.2, 0) is 28.9 Å². The van der Waals surface area contributed by atoms with Crippen LogP contribution in [-0.4, -0.2) is 42.1 Å². The number of benzene rings is 2. The second kappa shape index (κ2) is 13.2. The van der Waals surface area contributed by atoms with Crippen LogP contribution in [0.1, 0.15) is 42.4 Å². The Morgan fingerprint density at radius 1 is 0.906 bits per heavy atom. The van der Waals surface area contributed by atoms with Crippen molar-refractivity contribution in [1.82, 2.24) is 10.4 Å². The summed E-state index contributed by atoms with van der Waals surface area (Å²) in [4.78, 5) is 25.9. The molecule has 2 aromatic rings. The molecule has 0 saturated carbocycles. The standard InChI is InChI=1S/C25H33N3O3.ClH/c1-28-16-14-22(15-17-28)25(30)26-23-12-10-20(11-13-23)5-3-2-4-19-6-8-21(9-7-19)18-24(29)27-31;/h6-13,22,31H,2-5,14-18H2,1H3,(H,26,30)(H,27,29);1H. The Bertz CT molecular complexity index is 848. The molecule has 1 aliphatic rings. The number of nitrogens with one attached hydrogen (secondary N) is 2. The molecule has 1 heterocycles. The molecule has 0 aromatic heterocycles. The highest BCUT2D eigenvalue weighted by atomic mass is 35.5. The number of anilines is 1. The van der Waals surface area contributed by atoms with Gasteiger partial charge in [-0.2, -0.15) is 0 Å². The predicted molar refractivity (Wildman–Crippen MR) is 129 cm³/mol. The number of rotatable bonds is 9. The quantitative estimate of drug-likeness (QED) is 0.301. The zero-order chi connectivity index (χ0) is 22.1. The van der Waals surface area contributed by atoms with Gasteiger partial charge in [-0.3, -0.25) is 14.8 Å². The van der Waals surface area contributed by atoms with Crippen LogP contribution in [0, 0.1) is 5.92 Å². The average Bonchev–Trinajstić information content (AvgIpc) is 2.79. The number of hydroxylamine groups is 1. The minimum absolute atomic E-state index is 0. The van der Waals surface area contributed by atoms with E-state index in [4.69, 9.17) is 5.21 Å². The number of halogens is 1. The molecule has 7 heteroatoms. The lowest BCUT2D eigenvalue weighted by molar-refractivity contribution is -0.128. The third kappa shape index (κ3) is 8.26. The van der Waals surface area contributed by atoms with Gasteiger partial charge in [-0.05, 0) is 87.5 Å². The number of likely N-dealkylation sites (tertiary alicyclic amines) is 1. The van der Waals surface area contributed by atoms with Crippen LogP contribution in [0.2, 0.25) is 0 Å². The minimum atomic E-state index is -0.403. The van der Waals surface area contributed by atoms with Crippen LogP contribution in [0.15, 0.2) is 48.5 Å². The molecule has 174 valence electrons. The second-order valence-corrected chi connectivity index (χ2v) is 8.50. The van der Waals surface area contributed by atoms with Gasteiger partial charge >= 0.3 is 0 Å². The largest absolute Gasteiger partial charge is 0.326 e. The van der Waals surface area contributed by atoms with Crippen molar-refractivity contribution >= 4 is 29.9 Å². The van der Waals surface area contributed by atoms with Crippen LogP contribution in [0.25, 0.3) is 0 Å². The van der Waals surface area contributed by atoms with E-state index in [1.165, 1.54) is 11.1 Å². The van der Waals surface area contributed by atoms with E-state index in [9.17, 15) is 9.59 Å². The van der Waals surface area contributed by atoms with E-state index in [2.05, 4.69) is 29.4 Å². The Morgan fingerprint density at radius 2 is 1.41 bits per heavy atom. The number of aryl methyl sites for hydroxylation is 2. The number of carbonyl (C=O) groups is 2. The highest BCUT2D eigenvalue weighted by Gasteiger charge is 2.23. The highest BCUT2D eigenvalue weighted by Crippen LogP contribution is 2.19. The molecule has 6 nitrogen and oxygen atoms in total. The molecule has 2 aromatic carbocycles. The van der Waals surface area contributed by atoms with E-state index in [1.807, 2.05) is 36.4 Å². The molecule has 0 radical (unpaired) electrons. The van der Waals surface area contributed by atoms with E-state index in [1.54, 1.807) is 5.48 Å². The fourth-order valence-electron chi connectivity index (χ4n) is 3.98. The summed E-state index contributed by atoms with van der Waals surface area (Å²) < 4.78 is 0. The zero-order valence-corrected chi connectivity index (χ0v) is 19.5. The third-order valence-electron chi connectivity index (χ3n) is 6.00. The summed E-state index contributed by atoms with van der Waals surface area (Å²) in [6, 6.07) is 16.2. The van der Waals surface area contributed by atoms with Crippen LogP contribution < -0.4 is 10.8 Å². The molecule has 0 spiro atoms. The molecule has 1 fully saturated rings. The first-order valence-electron chi connectivity index (χ1n) is 11.1. The summed E-state index contributed by atoms with van der Waals surface area (Å²) in [6.45, 7) is 1.98. The molecule has 0 aliphatic carbocycles. The van der Waals surface area contributed by atoms with Crippen molar-refractivity contribution in [3.63, 3.8) is 0 Å². The van der Waals surface area contributed by atoms with Gasteiger partial charge in [0.1, 0.15) is 0 Å². The second-order valence-electron chi connectivity index (χ2n) is 8.50. The van der Waals surface area contributed by atoms with Crippen molar-refractivity contribution in [2.45, 2.75) is 44.9 Å². The normalized spacial score (nSPS) is 14.4. The van der Waals surface area contributed by atoms with Gasteiger partial charge in [-0.15, -0.1) is 12.4 Å². The number of amides is 2. The molecular formula is C25H34ClN3O3. The van der Waals surface area contributed by atoms with Crippen molar-refractivity contribution in [2.24, 2.45) is 5.92 Å². The topological polar surface area (TPSA) is 81.7 Å². The third-order valence-corrected chi connectivity index (χ3v) is 6.00. The van der Waals surface area contributed by atoms with Crippen LogP contribution in [0.3, 0.4) is 0 Å². The van der Waals surface area contributed by atoms with E-state index < -0.39 is 5.91 Å². The van der Waals surface area contributed by atoms with E-state index in [-0.39, 0.29) is 30.7 Å². The van der Waals surface area contributed by atoms with Gasteiger partial charge in [0.05, 0.1) is 6.42 Å². The van der Waals surface area contributed by atoms with Crippen molar-refractivity contribution < 1.29 is 14.8 Å². The first-order valence-corrected chi connectivity index (χ1v) is 11.1. The van der Waals surface area contributed by atoms with Crippen LogP contribution >= 0.6 is 12.4 Å². The van der Waals surface area contributed by atoms with Gasteiger partial charge in [0.25, 0.3) is 0 Å². The molecule has 0 unspecified atom stereocenters. The van der Waals surface area contributed by atoms with E-state index in [0.29, 0.717) is 0 Å². The summed E-state index contributed by atoms with van der Waals surface area (Å²) in [6.07, 6.45) is 6.24. The average molecular weight is 460 g/mol. The molecule has 2 amide bonds. The predicted octanol–water partition coefficient (Wildman–Crippen LogP) is 4.00. The molecule has 3 rings (SSSR count). The summed E-state index contributed by atoms with van der Waals surface area (Å²) >= 11 is 0. The smallest absolute Gasteiger partial charge is 0.247 e. The Kier molecular flexibility index (Phi) is 10.7. The summed E-state index contributed by atoms with van der Waals surface area (Å²) in [5, 5.41) is 11.7. The lowest BCUT2D eigenvalue weighted by atomic mass is 9.96. The fraction of sp³-hybridized carbons (Fsp3) is 0.440. The Balaban J connectivity index is 0.00000363. The van der Waals surface area contributed by atoms with E-state index >= 15 is 0 Å². The van der Waals surface area contributed by atoms with Crippen LogP contribution in [0.4, 0.5) is 5.69 Å². The van der Waals surface area contributed by atoms with Gasteiger partial charge in [0, 0.05) is 11.6 Å². The number of unbranched alkanes of at least 4 members (excludes halogenated alkanes) is 1. The molecule has 32 heavy (non-hydrogen) atoms. The number of hydrogen-bond donors (Lipinski definition) is 3. The maximum absolute atomic E-state index is 12.4. The van der Waals surface area contributed by atoms with Gasteiger partial charge in [0.15, 0.2) is 0 Å². The molecule has 1 saturated heterocycles. The number of nitrogens with zero attached hydrogens (tertiary/aromatic N) is 1. The number of carbonyl (C=O) groups excluding carboxylic acids is 2. The lowest BCUT2D eigenvalue weighted by Crippen LogP contribution is -2.35. The monoisotopic (exact) mass is 459 g/mol. The minimum Gasteiger partial charge on any atom is -0.326 e. The Morgan fingerprint density at radius 3 is 1.94 bits per heavy atom. The fourth-order valence-corrected chi connectivity index (χ4v) is 3.98. The number of piperidine rings is 1. The zero-order valence-electron chi connectivity index (χ0n) is 18.7. The first kappa shape index (κ1) is 25.8. The molecule has 1 aliphatic heterocycles. The highest BCUT2D eigenvalue weighted by molar-refractivity contribution is 5.92. The summed E-state index contributed by atoms with van der Waals surface area (Å²) in [7, 11) is 2.10. The first-order chi connectivity index (χ1) is 15.0. The molecule has 3 N–H and O–H groups in total. The Labute approximate surface area is 196 Å². The van der Waals surface area contributed by atoms with Crippen molar-refractivity contribution in [1.29, 1.82) is 0 Å². The molecular weight excluding hydrogens is 426 g/mol. The maximum Gasteiger partial charge on any atom is 0.247 e. The van der Waals surface area contributed by atoms with Crippen LogP contribution in [0.5, 0.6) is 0 Å². The van der Waals surface area contributed by atoms with E-state index in [0.717, 1.165) is 62.9 Å². The SMILES string of the molecule is CN1CCC(C(=O)Nc2ccc(CCCCc3ccc(CC(=O)NO)cc3)cc2)CC1.Cl. The Hall–Kier alpha value is -2.41. The van der Waals surface area contributed by atoms with Crippen molar-refractivity contribution in [3.05, 3.63) is 65.2 Å². The number of hydrogen-bond acceptors (Lipinski definition) is 4. The van der Waals surface area contributed by atoms with Crippen molar-refractivity contribution in [2.75, 3.05) is 25.5 Å². The lowest BCUT2D eigenvalue weighted by Gasteiger charge is -2.28. The van der Waals surface area contributed by atoms with Gasteiger partial charge in [-0.1, -0.05) is 36.4 Å². The van der Waals surface area contributed by atoms with Crippen molar-refractivity contribution in [3.8, 4) is 0 Å². The molecule has 0 atom stereocenters. The van der Waals surface area contributed by atoms with Gasteiger partial charge in [-0.25, -0.2) is 5.48 Å².